The molecule has 2 unspecified atom stereocenters. The molecule has 0 aromatic heterocycles. The van der Waals surface area contributed by atoms with E-state index in [0.29, 0.717) is 11.5 Å². The van der Waals surface area contributed by atoms with Gasteiger partial charge >= 0.3 is 0 Å². The minimum absolute atomic E-state index is 0.149. The van der Waals surface area contributed by atoms with Gasteiger partial charge in [0.15, 0.2) is 5.78 Å². The van der Waals surface area contributed by atoms with Crippen molar-refractivity contribution >= 4 is 5.78 Å². The van der Waals surface area contributed by atoms with Crippen LogP contribution in [-0.4, -0.2) is 10.9 Å². The van der Waals surface area contributed by atoms with E-state index in [-0.39, 0.29) is 17.5 Å². The van der Waals surface area contributed by atoms with E-state index < -0.39 is 0 Å². The standard InChI is InChI=1S/C14H16O2/c1-8-6-7-11(15)13-12(8)9-4-2-3-5-10(9)14(13)16/h6-7,9-10,15H,2-5H2,1H3. The van der Waals surface area contributed by atoms with Crippen LogP contribution in [0.5, 0.6) is 5.75 Å². The lowest BCUT2D eigenvalue weighted by molar-refractivity contribution is 0.0896. The second kappa shape index (κ2) is 3.34. The summed E-state index contributed by atoms with van der Waals surface area (Å²) in [7, 11) is 0. The molecule has 1 saturated carbocycles. The predicted molar refractivity (Wildman–Crippen MR) is 61.9 cm³/mol. The predicted octanol–water partition coefficient (Wildman–Crippen LogP) is 3.17. The highest BCUT2D eigenvalue weighted by atomic mass is 16.3. The van der Waals surface area contributed by atoms with Crippen LogP contribution in [0.1, 0.15) is 53.1 Å². The van der Waals surface area contributed by atoms with Crippen LogP contribution in [0.4, 0.5) is 0 Å². The molecule has 0 radical (unpaired) electrons. The van der Waals surface area contributed by atoms with Gasteiger partial charge in [0.2, 0.25) is 0 Å². The van der Waals surface area contributed by atoms with E-state index in [1.165, 1.54) is 6.42 Å². The topological polar surface area (TPSA) is 37.3 Å². The second-order valence-corrected chi connectivity index (χ2v) is 5.05. The van der Waals surface area contributed by atoms with E-state index in [2.05, 4.69) is 0 Å². The van der Waals surface area contributed by atoms with E-state index >= 15 is 0 Å². The maximum absolute atomic E-state index is 12.2. The number of Topliss-reactive ketones (excluding diaryl/α,β-unsaturated/α-hetero) is 1. The minimum Gasteiger partial charge on any atom is -0.507 e. The van der Waals surface area contributed by atoms with Gasteiger partial charge in [-0.15, -0.1) is 0 Å². The Bertz CT molecular complexity index is 462. The molecule has 2 nitrogen and oxygen atoms in total. The summed E-state index contributed by atoms with van der Waals surface area (Å²) in [5.41, 5.74) is 2.92. The summed E-state index contributed by atoms with van der Waals surface area (Å²) in [5.74, 6) is 0.889. The first kappa shape index (κ1) is 9.88. The Morgan fingerprint density at radius 1 is 1.19 bits per heavy atom. The number of phenols is 1. The van der Waals surface area contributed by atoms with Crippen molar-refractivity contribution in [2.45, 2.75) is 38.5 Å². The normalized spacial score (nSPS) is 27.7. The van der Waals surface area contributed by atoms with Gasteiger partial charge in [-0.3, -0.25) is 4.79 Å². The zero-order valence-corrected chi connectivity index (χ0v) is 9.49. The molecule has 1 N–H and O–H groups in total. The van der Waals surface area contributed by atoms with Gasteiger partial charge < -0.3 is 5.11 Å². The van der Waals surface area contributed by atoms with Crippen molar-refractivity contribution in [3.05, 3.63) is 28.8 Å². The first-order valence-corrected chi connectivity index (χ1v) is 6.07. The third-order valence-corrected chi connectivity index (χ3v) is 4.16. The number of hydrogen-bond acceptors (Lipinski definition) is 2. The molecule has 84 valence electrons. The highest BCUT2D eigenvalue weighted by molar-refractivity contribution is 6.05. The van der Waals surface area contributed by atoms with Crippen molar-refractivity contribution in [3.8, 4) is 5.75 Å². The van der Waals surface area contributed by atoms with Crippen LogP contribution >= 0.6 is 0 Å². The molecule has 0 amide bonds. The minimum atomic E-state index is 0.149. The van der Waals surface area contributed by atoms with Crippen molar-refractivity contribution in [1.82, 2.24) is 0 Å². The van der Waals surface area contributed by atoms with E-state index in [1.807, 2.05) is 13.0 Å². The number of rotatable bonds is 0. The molecule has 0 heterocycles. The van der Waals surface area contributed by atoms with E-state index in [9.17, 15) is 9.90 Å². The Kier molecular flexibility index (Phi) is 2.06. The Morgan fingerprint density at radius 2 is 1.88 bits per heavy atom. The van der Waals surface area contributed by atoms with Gasteiger partial charge in [-0.1, -0.05) is 18.9 Å². The highest BCUT2D eigenvalue weighted by Gasteiger charge is 2.43. The molecular weight excluding hydrogens is 200 g/mol. The summed E-state index contributed by atoms with van der Waals surface area (Å²) in [4.78, 5) is 12.2. The Balaban J connectivity index is 2.21. The molecule has 0 saturated heterocycles. The van der Waals surface area contributed by atoms with Crippen molar-refractivity contribution in [2.75, 3.05) is 0 Å². The molecule has 16 heavy (non-hydrogen) atoms. The molecule has 0 spiro atoms. The number of phenolic OH excluding ortho intramolecular Hbond substituents is 1. The molecule has 1 aromatic carbocycles. The SMILES string of the molecule is Cc1ccc(O)c2c1C1CCCCC1C2=O. The number of aromatic hydroxyl groups is 1. The maximum atomic E-state index is 12.2. The Hall–Kier alpha value is -1.31. The number of carbonyl (C=O) groups is 1. The van der Waals surface area contributed by atoms with Crippen LogP contribution in [0.2, 0.25) is 0 Å². The Morgan fingerprint density at radius 3 is 2.62 bits per heavy atom. The van der Waals surface area contributed by atoms with Crippen molar-refractivity contribution < 1.29 is 9.90 Å². The van der Waals surface area contributed by atoms with Crippen LogP contribution in [0.3, 0.4) is 0 Å². The lowest BCUT2D eigenvalue weighted by atomic mass is 9.78. The fourth-order valence-electron chi connectivity index (χ4n) is 3.42. The van der Waals surface area contributed by atoms with Gasteiger partial charge in [0.25, 0.3) is 0 Å². The fourth-order valence-corrected chi connectivity index (χ4v) is 3.42. The number of carbonyl (C=O) groups excluding carboxylic acids is 1. The largest absolute Gasteiger partial charge is 0.507 e. The summed E-state index contributed by atoms with van der Waals surface area (Å²) >= 11 is 0. The van der Waals surface area contributed by atoms with Gasteiger partial charge in [0.05, 0.1) is 5.56 Å². The van der Waals surface area contributed by atoms with Gasteiger partial charge in [0.1, 0.15) is 5.75 Å². The monoisotopic (exact) mass is 216 g/mol. The molecule has 0 aliphatic heterocycles. The average Bonchev–Trinajstić information content (AvgIpc) is 2.60. The summed E-state index contributed by atoms with van der Waals surface area (Å²) in [5, 5.41) is 9.85. The Labute approximate surface area is 95.3 Å². The lowest BCUT2D eigenvalue weighted by Crippen LogP contribution is -2.17. The van der Waals surface area contributed by atoms with Crippen molar-refractivity contribution in [3.63, 3.8) is 0 Å². The van der Waals surface area contributed by atoms with Crippen molar-refractivity contribution in [2.24, 2.45) is 5.92 Å². The molecule has 0 bridgehead atoms. The summed E-state index contributed by atoms with van der Waals surface area (Å²) in [6.45, 7) is 2.04. The average molecular weight is 216 g/mol. The first-order chi connectivity index (χ1) is 7.70. The van der Waals surface area contributed by atoms with Gasteiger partial charge in [0, 0.05) is 5.92 Å². The van der Waals surface area contributed by atoms with E-state index in [1.54, 1.807) is 6.07 Å². The zero-order chi connectivity index (χ0) is 11.3. The number of benzene rings is 1. The number of aryl methyl sites for hydroxylation is 1. The van der Waals surface area contributed by atoms with Crippen LogP contribution in [0.25, 0.3) is 0 Å². The highest BCUT2D eigenvalue weighted by Crippen LogP contribution is 2.49. The molecule has 1 fully saturated rings. The molecule has 2 heteroatoms. The quantitative estimate of drug-likeness (QED) is 0.723. The van der Waals surface area contributed by atoms with Gasteiger partial charge in [-0.25, -0.2) is 0 Å². The van der Waals surface area contributed by atoms with Crippen LogP contribution in [0.15, 0.2) is 12.1 Å². The third kappa shape index (κ3) is 1.16. The number of fused-ring (bicyclic) bond motifs is 3. The molecule has 3 rings (SSSR count). The summed E-state index contributed by atoms with van der Waals surface area (Å²) in [6.07, 6.45) is 4.47. The molecule has 1 aromatic rings. The van der Waals surface area contributed by atoms with Crippen LogP contribution < -0.4 is 0 Å². The first-order valence-electron chi connectivity index (χ1n) is 6.07. The molecular formula is C14H16O2. The fraction of sp³-hybridized carbons (Fsp3) is 0.500. The van der Waals surface area contributed by atoms with Crippen molar-refractivity contribution in [1.29, 1.82) is 0 Å². The smallest absolute Gasteiger partial charge is 0.170 e. The lowest BCUT2D eigenvalue weighted by Gasteiger charge is -2.24. The molecule has 2 aliphatic carbocycles. The molecule has 2 atom stereocenters. The number of hydrogen-bond donors (Lipinski definition) is 1. The van der Waals surface area contributed by atoms with Crippen LogP contribution in [0, 0.1) is 12.8 Å². The zero-order valence-electron chi connectivity index (χ0n) is 9.49. The summed E-state index contributed by atoms with van der Waals surface area (Å²) in [6, 6.07) is 3.59. The van der Waals surface area contributed by atoms with E-state index in [0.717, 1.165) is 30.4 Å². The molecule has 2 aliphatic rings. The van der Waals surface area contributed by atoms with Crippen LogP contribution in [-0.2, 0) is 0 Å². The maximum Gasteiger partial charge on any atom is 0.170 e. The summed E-state index contributed by atoms with van der Waals surface area (Å²) < 4.78 is 0. The van der Waals surface area contributed by atoms with Gasteiger partial charge in [-0.2, -0.15) is 0 Å². The van der Waals surface area contributed by atoms with E-state index in [4.69, 9.17) is 0 Å². The second-order valence-electron chi connectivity index (χ2n) is 5.05. The number of ketones is 1. The van der Waals surface area contributed by atoms with Gasteiger partial charge in [-0.05, 0) is 42.9 Å². The third-order valence-electron chi connectivity index (χ3n) is 4.16.